The van der Waals surface area contributed by atoms with Gasteiger partial charge in [-0.05, 0) is 31.4 Å². The maximum atomic E-state index is 12.2. The molecule has 3 nitrogen and oxygen atoms in total. The second-order valence-corrected chi connectivity index (χ2v) is 7.32. The molecule has 0 unspecified atom stereocenters. The summed E-state index contributed by atoms with van der Waals surface area (Å²) < 4.78 is 0. The van der Waals surface area contributed by atoms with Crippen molar-refractivity contribution in [3.63, 3.8) is 0 Å². The first-order chi connectivity index (χ1) is 12.2. The van der Waals surface area contributed by atoms with Gasteiger partial charge in [-0.15, -0.1) is 0 Å². The van der Waals surface area contributed by atoms with Crippen LogP contribution in [0, 0.1) is 6.92 Å². The summed E-state index contributed by atoms with van der Waals surface area (Å²) in [7, 11) is 0. The normalized spacial score (nSPS) is 18.3. The molecule has 1 fully saturated rings. The number of rotatable bonds is 3. The van der Waals surface area contributed by atoms with E-state index in [1.54, 1.807) is 6.20 Å². The first-order valence-corrected chi connectivity index (χ1v) is 10.0. The minimum atomic E-state index is -0.0824. The van der Waals surface area contributed by atoms with Crippen LogP contribution in [0.25, 0.3) is 6.08 Å². The molecule has 1 aliphatic carbocycles. The fraction of sp³-hybridized carbons (Fsp3) is 0.591. The lowest BCUT2D eigenvalue weighted by molar-refractivity contribution is 0.238. The van der Waals surface area contributed by atoms with Crippen LogP contribution in [0.2, 0.25) is 0 Å². The summed E-state index contributed by atoms with van der Waals surface area (Å²) in [5, 5.41) is 6.02. The smallest absolute Gasteiger partial charge is 0.318 e. The van der Waals surface area contributed by atoms with Gasteiger partial charge in [-0.1, -0.05) is 87.6 Å². The van der Waals surface area contributed by atoms with Crippen molar-refractivity contribution in [3.05, 3.63) is 41.6 Å². The Bertz CT molecular complexity index is 527. The number of aryl methyl sites for hydroxylation is 1. The van der Waals surface area contributed by atoms with Crippen LogP contribution in [0.4, 0.5) is 4.79 Å². The van der Waals surface area contributed by atoms with Gasteiger partial charge in [0.05, 0.1) is 0 Å². The number of benzene rings is 1. The monoisotopic (exact) mass is 342 g/mol. The molecule has 0 aromatic heterocycles. The van der Waals surface area contributed by atoms with Crippen LogP contribution < -0.4 is 10.6 Å². The zero-order chi connectivity index (χ0) is 17.7. The molecule has 138 valence electrons. The molecular formula is C22H34N2O. The highest BCUT2D eigenvalue weighted by Gasteiger charge is 2.11. The fourth-order valence-corrected chi connectivity index (χ4v) is 3.52. The zero-order valence-corrected chi connectivity index (χ0v) is 15.7. The Kier molecular flexibility index (Phi) is 9.17. The van der Waals surface area contributed by atoms with Gasteiger partial charge in [0.2, 0.25) is 0 Å². The van der Waals surface area contributed by atoms with Crippen LogP contribution in [-0.4, -0.2) is 12.1 Å². The molecule has 2 rings (SSSR count). The van der Waals surface area contributed by atoms with E-state index < -0.39 is 0 Å². The molecule has 1 aromatic rings. The summed E-state index contributed by atoms with van der Waals surface area (Å²) in [6.07, 6.45) is 17.8. The summed E-state index contributed by atoms with van der Waals surface area (Å²) in [5.41, 5.74) is 2.33. The summed E-state index contributed by atoms with van der Waals surface area (Å²) in [5.74, 6) is 0. The van der Waals surface area contributed by atoms with Crippen molar-refractivity contribution in [3.8, 4) is 0 Å². The molecule has 2 N–H and O–H groups in total. The van der Waals surface area contributed by atoms with E-state index in [0.29, 0.717) is 6.04 Å². The van der Waals surface area contributed by atoms with E-state index in [-0.39, 0.29) is 6.03 Å². The van der Waals surface area contributed by atoms with Gasteiger partial charge in [-0.2, -0.15) is 0 Å². The van der Waals surface area contributed by atoms with Crippen LogP contribution in [0.1, 0.15) is 81.8 Å². The van der Waals surface area contributed by atoms with E-state index in [1.807, 2.05) is 18.2 Å². The maximum Gasteiger partial charge on any atom is 0.318 e. The summed E-state index contributed by atoms with van der Waals surface area (Å²) >= 11 is 0. The Balaban J connectivity index is 1.75. The van der Waals surface area contributed by atoms with Crippen LogP contribution in [-0.2, 0) is 0 Å². The van der Waals surface area contributed by atoms with E-state index in [4.69, 9.17) is 0 Å². The molecule has 1 saturated carbocycles. The highest BCUT2D eigenvalue weighted by Crippen LogP contribution is 2.17. The third kappa shape index (κ3) is 8.76. The third-order valence-electron chi connectivity index (χ3n) is 4.97. The van der Waals surface area contributed by atoms with Gasteiger partial charge in [-0.25, -0.2) is 4.79 Å². The van der Waals surface area contributed by atoms with Crippen molar-refractivity contribution < 1.29 is 4.79 Å². The molecule has 1 aromatic carbocycles. The first kappa shape index (κ1) is 19.6. The molecule has 3 heteroatoms. The largest absolute Gasteiger partial charge is 0.335 e. The van der Waals surface area contributed by atoms with Crippen molar-refractivity contribution in [1.82, 2.24) is 10.6 Å². The van der Waals surface area contributed by atoms with Gasteiger partial charge in [0, 0.05) is 12.2 Å². The van der Waals surface area contributed by atoms with Crippen molar-refractivity contribution in [2.75, 3.05) is 0 Å². The Morgan fingerprint density at radius 1 is 0.960 bits per heavy atom. The Morgan fingerprint density at radius 3 is 2.16 bits per heavy atom. The molecular weight excluding hydrogens is 308 g/mol. The zero-order valence-electron chi connectivity index (χ0n) is 15.7. The van der Waals surface area contributed by atoms with Gasteiger partial charge in [-0.3, -0.25) is 0 Å². The van der Waals surface area contributed by atoms with E-state index >= 15 is 0 Å². The lowest BCUT2D eigenvalue weighted by Gasteiger charge is -2.19. The molecule has 0 saturated heterocycles. The average Bonchev–Trinajstić information content (AvgIpc) is 2.57. The molecule has 2 amide bonds. The SMILES string of the molecule is Cc1cccc(/C=C/NC(=O)NC2CCCCCCCCCCC2)c1. The van der Waals surface area contributed by atoms with E-state index in [1.165, 1.54) is 63.4 Å². The number of carbonyl (C=O) groups excluding carboxylic acids is 1. The second-order valence-electron chi connectivity index (χ2n) is 7.32. The molecule has 0 aliphatic heterocycles. The molecule has 25 heavy (non-hydrogen) atoms. The number of urea groups is 1. The van der Waals surface area contributed by atoms with Crippen molar-refractivity contribution in [2.24, 2.45) is 0 Å². The highest BCUT2D eigenvalue weighted by molar-refractivity contribution is 5.76. The Hall–Kier alpha value is -1.77. The molecule has 0 radical (unpaired) electrons. The number of carbonyl (C=O) groups is 1. The number of nitrogens with one attached hydrogen (secondary N) is 2. The standard InChI is InChI=1S/C22H34N2O/c1-19-12-11-13-20(18-19)16-17-23-22(25)24-21-14-9-7-5-3-2-4-6-8-10-15-21/h11-13,16-18,21H,2-10,14-15H2,1H3,(H2,23,24,25)/b17-16+. The number of amides is 2. The summed E-state index contributed by atoms with van der Waals surface area (Å²) in [6, 6.07) is 8.47. The number of hydrogen-bond acceptors (Lipinski definition) is 1. The van der Waals surface area contributed by atoms with Crippen molar-refractivity contribution in [2.45, 2.75) is 83.6 Å². The highest BCUT2D eigenvalue weighted by atomic mass is 16.2. The molecule has 1 aliphatic rings. The first-order valence-electron chi connectivity index (χ1n) is 10.0. The van der Waals surface area contributed by atoms with Crippen LogP contribution in [0.3, 0.4) is 0 Å². The lowest BCUT2D eigenvalue weighted by Crippen LogP contribution is -2.40. The molecule has 0 heterocycles. The van der Waals surface area contributed by atoms with Gasteiger partial charge in [0.15, 0.2) is 0 Å². The van der Waals surface area contributed by atoms with Gasteiger partial charge in [0.1, 0.15) is 0 Å². The van der Waals surface area contributed by atoms with Crippen LogP contribution >= 0.6 is 0 Å². The Labute approximate surface area is 153 Å². The summed E-state index contributed by atoms with van der Waals surface area (Å²) in [4.78, 5) is 12.2. The minimum absolute atomic E-state index is 0.0824. The molecule has 0 bridgehead atoms. The quantitative estimate of drug-likeness (QED) is 0.701. The van der Waals surface area contributed by atoms with Crippen molar-refractivity contribution >= 4 is 12.1 Å². The topological polar surface area (TPSA) is 41.1 Å². The lowest BCUT2D eigenvalue weighted by atomic mass is 9.98. The predicted molar refractivity (Wildman–Crippen MR) is 106 cm³/mol. The predicted octanol–water partition coefficient (Wildman–Crippen LogP) is 5.94. The maximum absolute atomic E-state index is 12.2. The van der Waals surface area contributed by atoms with E-state index in [2.05, 4.69) is 29.7 Å². The molecule has 0 spiro atoms. The van der Waals surface area contributed by atoms with Crippen LogP contribution in [0.5, 0.6) is 0 Å². The average molecular weight is 343 g/mol. The fourth-order valence-electron chi connectivity index (χ4n) is 3.52. The summed E-state index contributed by atoms with van der Waals surface area (Å²) in [6.45, 7) is 2.07. The molecule has 0 atom stereocenters. The Morgan fingerprint density at radius 2 is 1.56 bits per heavy atom. The van der Waals surface area contributed by atoms with Gasteiger partial charge in [0.25, 0.3) is 0 Å². The third-order valence-corrected chi connectivity index (χ3v) is 4.97. The van der Waals surface area contributed by atoms with Gasteiger partial charge >= 0.3 is 6.03 Å². The van der Waals surface area contributed by atoms with E-state index in [0.717, 1.165) is 18.4 Å². The minimum Gasteiger partial charge on any atom is -0.335 e. The number of hydrogen-bond donors (Lipinski definition) is 2. The van der Waals surface area contributed by atoms with Crippen molar-refractivity contribution in [1.29, 1.82) is 0 Å². The van der Waals surface area contributed by atoms with Gasteiger partial charge < -0.3 is 10.6 Å². The second kappa shape index (κ2) is 11.7. The van der Waals surface area contributed by atoms with E-state index in [9.17, 15) is 4.79 Å². The van der Waals surface area contributed by atoms with Crippen LogP contribution in [0.15, 0.2) is 30.5 Å².